The number of pyridine rings is 1. The van der Waals surface area contributed by atoms with Crippen LogP contribution in [0.15, 0.2) is 24.7 Å². The average molecular weight is 315 g/mol. The third-order valence-electron chi connectivity index (χ3n) is 2.70. The van der Waals surface area contributed by atoms with Crippen molar-refractivity contribution in [1.29, 1.82) is 10.5 Å². The van der Waals surface area contributed by atoms with Gasteiger partial charge in [-0.15, -0.1) is 0 Å². The van der Waals surface area contributed by atoms with Crippen LogP contribution in [0.3, 0.4) is 0 Å². The second kappa shape index (κ2) is 7.07. The summed E-state index contributed by atoms with van der Waals surface area (Å²) in [6, 6.07) is 7.36. The van der Waals surface area contributed by atoms with Crippen molar-refractivity contribution in [2.24, 2.45) is 0 Å². The van der Waals surface area contributed by atoms with E-state index in [4.69, 9.17) is 27.9 Å². The number of rotatable bonds is 5. The maximum absolute atomic E-state index is 8.83. The molecule has 2 rings (SSSR count). The Morgan fingerprint density at radius 2 is 1.95 bits per heavy atom. The van der Waals surface area contributed by atoms with Gasteiger partial charge in [0.25, 0.3) is 0 Å². The van der Waals surface area contributed by atoms with Crippen LogP contribution in [0.25, 0.3) is 0 Å². The fourth-order valence-electron chi connectivity index (χ4n) is 1.72. The minimum Gasteiger partial charge on any atom is -0.393 e. The molecule has 0 saturated carbocycles. The molecule has 0 aliphatic carbocycles. The van der Waals surface area contributed by atoms with Crippen molar-refractivity contribution in [3.8, 4) is 12.1 Å². The van der Waals surface area contributed by atoms with Crippen LogP contribution in [0.2, 0.25) is 5.15 Å². The summed E-state index contributed by atoms with van der Waals surface area (Å²) >= 11 is 5.97. The van der Waals surface area contributed by atoms with Gasteiger partial charge in [-0.3, -0.25) is 0 Å². The number of nitrogen functional groups attached to an aromatic ring is 1. The van der Waals surface area contributed by atoms with Gasteiger partial charge in [-0.2, -0.15) is 10.5 Å². The summed E-state index contributed by atoms with van der Waals surface area (Å²) in [5, 5.41) is 20.9. The Balaban J connectivity index is 2.35. The molecule has 0 aliphatic heterocycles. The molecule has 2 aromatic heterocycles. The van der Waals surface area contributed by atoms with Gasteiger partial charge in [0.2, 0.25) is 0 Å². The molecular formula is C13H11ClN8. The van der Waals surface area contributed by atoms with Crippen LogP contribution in [0, 0.1) is 22.7 Å². The Labute approximate surface area is 131 Å². The van der Waals surface area contributed by atoms with E-state index >= 15 is 0 Å². The molecule has 2 aromatic rings. The number of nitrogens with two attached hydrogens (primary N) is 1. The largest absolute Gasteiger partial charge is 0.393 e. The summed E-state index contributed by atoms with van der Waals surface area (Å²) in [7, 11) is 0. The summed E-state index contributed by atoms with van der Waals surface area (Å²) in [4.78, 5) is 13.5. The van der Waals surface area contributed by atoms with E-state index in [1.54, 1.807) is 18.3 Å². The lowest BCUT2D eigenvalue weighted by molar-refractivity contribution is 0.929. The first-order valence-corrected chi connectivity index (χ1v) is 6.52. The zero-order chi connectivity index (χ0) is 15.9. The summed E-state index contributed by atoms with van der Waals surface area (Å²) in [5.41, 5.74) is 6.78. The minimum absolute atomic E-state index is 0.0120. The maximum atomic E-state index is 8.83. The number of nitriles is 2. The number of hydrogen-bond acceptors (Lipinski definition) is 8. The average Bonchev–Trinajstić information content (AvgIpc) is 2.51. The summed E-state index contributed by atoms with van der Waals surface area (Å²) in [6.45, 7) is -0.0241. The lowest BCUT2D eigenvalue weighted by Crippen LogP contribution is -2.26. The van der Waals surface area contributed by atoms with E-state index in [1.807, 2.05) is 12.1 Å². The SMILES string of the molecule is N#CCN(CC#N)c1ncnc(Nc2cccnc2Cl)c1N. The van der Waals surface area contributed by atoms with Crippen molar-refractivity contribution in [2.45, 2.75) is 0 Å². The van der Waals surface area contributed by atoms with E-state index in [1.165, 1.54) is 11.2 Å². The van der Waals surface area contributed by atoms with Gasteiger partial charge in [-0.1, -0.05) is 11.6 Å². The number of anilines is 4. The van der Waals surface area contributed by atoms with Crippen molar-refractivity contribution in [1.82, 2.24) is 15.0 Å². The number of aromatic nitrogens is 3. The number of hydrogen-bond donors (Lipinski definition) is 2. The molecule has 0 amide bonds. The van der Waals surface area contributed by atoms with Crippen molar-refractivity contribution >= 4 is 34.6 Å². The molecule has 8 nitrogen and oxygen atoms in total. The third-order valence-corrected chi connectivity index (χ3v) is 3.00. The van der Waals surface area contributed by atoms with Crippen LogP contribution in [0.1, 0.15) is 0 Å². The van der Waals surface area contributed by atoms with Crippen molar-refractivity contribution in [3.63, 3.8) is 0 Å². The summed E-state index contributed by atoms with van der Waals surface area (Å²) in [5.74, 6) is 0.626. The molecule has 3 N–H and O–H groups in total. The molecule has 0 saturated heterocycles. The normalized spacial score (nSPS) is 9.59. The van der Waals surface area contributed by atoms with Gasteiger partial charge in [-0.05, 0) is 12.1 Å². The lowest BCUT2D eigenvalue weighted by Gasteiger charge is -2.20. The van der Waals surface area contributed by atoms with E-state index < -0.39 is 0 Å². The van der Waals surface area contributed by atoms with Crippen LogP contribution in [-0.2, 0) is 0 Å². The van der Waals surface area contributed by atoms with E-state index in [0.717, 1.165) is 0 Å². The zero-order valence-electron chi connectivity index (χ0n) is 11.4. The number of nitrogens with one attached hydrogen (secondary N) is 1. The van der Waals surface area contributed by atoms with Gasteiger partial charge in [0.15, 0.2) is 16.8 Å². The molecule has 110 valence electrons. The fourth-order valence-corrected chi connectivity index (χ4v) is 1.89. The van der Waals surface area contributed by atoms with E-state index in [9.17, 15) is 0 Å². The van der Waals surface area contributed by atoms with Crippen LogP contribution >= 0.6 is 11.6 Å². The Kier molecular flexibility index (Phi) is 4.91. The van der Waals surface area contributed by atoms with Gasteiger partial charge in [-0.25, -0.2) is 15.0 Å². The highest BCUT2D eigenvalue weighted by atomic mass is 35.5. The molecular weight excluding hydrogens is 304 g/mol. The molecule has 0 radical (unpaired) electrons. The van der Waals surface area contributed by atoms with Gasteiger partial charge >= 0.3 is 0 Å². The molecule has 22 heavy (non-hydrogen) atoms. The quantitative estimate of drug-likeness (QED) is 0.630. The first-order valence-electron chi connectivity index (χ1n) is 6.14. The Hall–Kier alpha value is -3.10. The number of nitrogens with zero attached hydrogens (tertiary/aromatic N) is 6. The van der Waals surface area contributed by atoms with Crippen LogP contribution in [-0.4, -0.2) is 28.0 Å². The van der Waals surface area contributed by atoms with E-state index in [2.05, 4.69) is 20.3 Å². The highest BCUT2D eigenvalue weighted by Crippen LogP contribution is 2.30. The molecule has 2 heterocycles. The Morgan fingerprint density at radius 1 is 1.23 bits per heavy atom. The highest BCUT2D eigenvalue weighted by molar-refractivity contribution is 6.32. The Bertz CT molecular complexity index is 732. The fraction of sp³-hybridized carbons (Fsp3) is 0.154. The van der Waals surface area contributed by atoms with Gasteiger partial charge in [0, 0.05) is 6.20 Å². The first kappa shape index (κ1) is 15.3. The van der Waals surface area contributed by atoms with Crippen molar-refractivity contribution in [2.75, 3.05) is 29.0 Å². The van der Waals surface area contributed by atoms with E-state index in [-0.39, 0.29) is 23.9 Å². The predicted molar refractivity (Wildman–Crippen MR) is 82.4 cm³/mol. The number of halogens is 1. The molecule has 9 heteroatoms. The summed E-state index contributed by atoms with van der Waals surface area (Å²) < 4.78 is 0. The topological polar surface area (TPSA) is 128 Å². The highest BCUT2D eigenvalue weighted by Gasteiger charge is 2.15. The first-order chi connectivity index (χ1) is 10.7. The molecule has 0 aliphatic rings. The minimum atomic E-state index is -0.0120. The van der Waals surface area contributed by atoms with Crippen molar-refractivity contribution < 1.29 is 0 Å². The van der Waals surface area contributed by atoms with Crippen LogP contribution in [0.4, 0.5) is 23.0 Å². The summed E-state index contributed by atoms with van der Waals surface area (Å²) in [6.07, 6.45) is 2.85. The van der Waals surface area contributed by atoms with Gasteiger partial charge < -0.3 is 16.0 Å². The van der Waals surface area contributed by atoms with Gasteiger partial charge in [0.1, 0.15) is 25.1 Å². The monoisotopic (exact) mass is 314 g/mol. The molecule has 0 unspecified atom stereocenters. The molecule has 0 aromatic carbocycles. The van der Waals surface area contributed by atoms with E-state index in [0.29, 0.717) is 17.3 Å². The van der Waals surface area contributed by atoms with Crippen LogP contribution < -0.4 is 16.0 Å². The third kappa shape index (κ3) is 3.32. The second-order valence-electron chi connectivity index (χ2n) is 4.10. The molecule has 0 atom stereocenters. The molecule has 0 bridgehead atoms. The maximum Gasteiger partial charge on any atom is 0.159 e. The molecule has 0 spiro atoms. The molecule has 0 fully saturated rings. The predicted octanol–water partition coefficient (Wildman–Crippen LogP) is 1.70. The zero-order valence-corrected chi connectivity index (χ0v) is 12.1. The van der Waals surface area contributed by atoms with Gasteiger partial charge in [0.05, 0.1) is 17.8 Å². The van der Waals surface area contributed by atoms with Crippen LogP contribution in [0.5, 0.6) is 0 Å². The standard InChI is InChI=1S/C13H11ClN8/c14-11-9(2-1-5-18-11)21-12-10(17)13(20-8-19-12)22(6-3-15)7-4-16/h1-2,5,8H,6-7,17H2,(H,19,20,21). The van der Waals surface area contributed by atoms with Crippen molar-refractivity contribution in [3.05, 3.63) is 29.8 Å². The second-order valence-corrected chi connectivity index (χ2v) is 4.46. The Morgan fingerprint density at radius 3 is 2.59 bits per heavy atom. The lowest BCUT2D eigenvalue weighted by atomic mass is 10.3. The smallest absolute Gasteiger partial charge is 0.159 e.